The van der Waals surface area contributed by atoms with Gasteiger partial charge in [0.2, 0.25) is 0 Å². The van der Waals surface area contributed by atoms with Gasteiger partial charge in [-0.15, -0.1) is 5.01 Å². The zero-order valence-electron chi connectivity index (χ0n) is 6.17. The van der Waals surface area contributed by atoms with E-state index in [1.54, 1.807) is 0 Å². The lowest BCUT2D eigenvalue weighted by Gasteiger charge is -2.19. The molecule has 60 valence electrons. The van der Waals surface area contributed by atoms with Crippen molar-refractivity contribution in [3.63, 3.8) is 0 Å². The number of nitrogens with zero attached hydrogens (tertiary/aromatic N) is 2. The molecule has 0 amide bonds. The maximum absolute atomic E-state index is 10.5. The molecule has 0 bridgehead atoms. The Morgan fingerprint density at radius 3 is 2.30 bits per heavy atom. The maximum atomic E-state index is 10.5. The zero-order chi connectivity index (χ0) is 8.15. The van der Waals surface area contributed by atoms with Gasteiger partial charge in [0.05, 0.1) is 12.6 Å². The fourth-order valence-corrected chi connectivity index (χ4v) is 1.14. The standard InChI is InChI=1S/C5H12IN3O/c1-5(2)8(4-3-6)9(7)10/h5,7H,3-4H2,1-2H3. The molecule has 0 rings (SSSR count). The van der Waals surface area contributed by atoms with E-state index >= 15 is 0 Å². The van der Waals surface area contributed by atoms with Gasteiger partial charge in [0.15, 0.2) is 0 Å². The van der Waals surface area contributed by atoms with Crippen molar-refractivity contribution in [2.24, 2.45) is 0 Å². The molecule has 0 aliphatic carbocycles. The summed E-state index contributed by atoms with van der Waals surface area (Å²) in [6.45, 7) is 4.43. The zero-order valence-corrected chi connectivity index (χ0v) is 8.33. The van der Waals surface area contributed by atoms with E-state index in [0.29, 0.717) is 6.54 Å². The first-order chi connectivity index (χ1) is 4.59. The average Bonchev–Trinajstić information content (AvgIpc) is 1.81. The topological polar surface area (TPSA) is 53.2 Å². The normalized spacial score (nSPS) is 10.0. The lowest BCUT2D eigenvalue weighted by atomic mass is 10.4. The number of hydrazine groups is 1. The monoisotopic (exact) mass is 257 g/mol. The summed E-state index contributed by atoms with van der Waals surface area (Å²) in [5.74, 6) is 0. The summed E-state index contributed by atoms with van der Waals surface area (Å²) in [4.78, 5) is 0.156. The van der Waals surface area contributed by atoms with E-state index in [9.17, 15) is 5.21 Å². The third-order valence-electron chi connectivity index (χ3n) is 1.14. The molecule has 5 heteroatoms. The van der Waals surface area contributed by atoms with Crippen LogP contribution < -0.4 is 0 Å². The number of hydrogen-bond acceptors (Lipinski definition) is 2. The smallest absolute Gasteiger partial charge is 0.0860 e. The Bertz CT molecular complexity index is 117. The summed E-state index contributed by atoms with van der Waals surface area (Å²) in [5.41, 5.74) is 6.77. The number of hydrogen-bond donors (Lipinski definition) is 1. The first-order valence-corrected chi connectivity index (χ1v) is 4.63. The van der Waals surface area contributed by atoms with Crippen LogP contribution >= 0.6 is 22.6 Å². The lowest BCUT2D eigenvalue weighted by molar-refractivity contribution is -0.716. The fourth-order valence-electron chi connectivity index (χ4n) is 0.645. The molecule has 0 aromatic heterocycles. The third-order valence-corrected chi connectivity index (χ3v) is 1.63. The van der Waals surface area contributed by atoms with E-state index in [0.717, 1.165) is 4.43 Å². The molecule has 0 aliphatic rings. The molecule has 10 heavy (non-hydrogen) atoms. The molecule has 0 aliphatic heterocycles. The minimum Gasteiger partial charge on any atom is -0.572 e. The van der Waals surface area contributed by atoms with Crippen LogP contribution in [0.1, 0.15) is 13.8 Å². The lowest BCUT2D eigenvalue weighted by Crippen LogP contribution is -2.37. The first-order valence-electron chi connectivity index (χ1n) is 3.10. The summed E-state index contributed by atoms with van der Waals surface area (Å²) < 4.78 is 0.869. The molecule has 0 saturated carbocycles. The van der Waals surface area contributed by atoms with Gasteiger partial charge < -0.3 is 5.21 Å². The van der Waals surface area contributed by atoms with Crippen molar-refractivity contribution in [2.75, 3.05) is 11.0 Å². The van der Waals surface area contributed by atoms with Crippen molar-refractivity contribution in [3.8, 4) is 0 Å². The van der Waals surface area contributed by atoms with Gasteiger partial charge in [-0.2, -0.15) is 0 Å². The molecule has 4 nitrogen and oxygen atoms in total. The van der Waals surface area contributed by atoms with Crippen LogP contribution in [0.15, 0.2) is 0 Å². The Labute approximate surface area is 74.4 Å². The van der Waals surface area contributed by atoms with Crippen LogP contribution in [0.3, 0.4) is 0 Å². The molecule has 0 fully saturated rings. The van der Waals surface area contributed by atoms with Crippen molar-refractivity contribution in [1.29, 1.82) is 5.53 Å². The van der Waals surface area contributed by atoms with E-state index in [2.05, 4.69) is 22.6 Å². The highest BCUT2D eigenvalue weighted by atomic mass is 127. The Morgan fingerprint density at radius 2 is 2.20 bits per heavy atom. The summed E-state index contributed by atoms with van der Waals surface area (Å²) in [7, 11) is 0. The van der Waals surface area contributed by atoms with Gasteiger partial charge in [-0.25, -0.2) is 0 Å². The molecule has 0 spiro atoms. The van der Waals surface area contributed by atoms with Gasteiger partial charge >= 0.3 is 0 Å². The largest absolute Gasteiger partial charge is 0.572 e. The van der Waals surface area contributed by atoms with Gasteiger partial charge in [0.1, 0.15) is 0 Å². The highest BCUT2D eigenvalue weighted by Gasteiger charge is 2.13. The summed E-state index contributed by atoms with van der Waals surface area (Å²) >= 11 is 2.18. The molecule has 0 aromatic rings. The molecular formula is C5H12IN3O. The average molecular weight is 257 g/mol. The second kappa shape index (κ2) is 4.70. The molecule has 0 saturated heterocycles. The predicted molar refractivity (Wildman–Crippen MR) is 47.1 cm³/mol. The Balaban J connectivity index is 3.85. The van der Waals surface area contributed by atoms with Crippen LogP contribution in [0.2, 0.25) is 0 Å². The minimum absolute atomic E-state index is 0.116. The number of halogens is 1. The van der Waals surface area contributed by atoms with E-state index in [-0.39, 0.29) is 11.0 Å². The minimum atomic E-state index is 0.116. The predicted octanol–water partition coefficient (Wildman–Crippen LogP) is 1.59. The van der Waals surface area contributed by atoms with Crippen molar-refractivity contribution >= 4 is 22.6 Å². The van der Waals surface area contributed by atoms with Crippen LogP contribution in [-0.2, 0) is 0 Å². The molecule has 0 atom stereocenters. The van der Waals surface area contributed by atoms with Crippen molar-refractivity contribution in [2.45, 2.75) is 19.9 Å². The Kier molecular flexibility index (Phi) is 4.67. The van der Waals surface area contributed by atoms with Crippen LogP contribution in [0.4, 0.5) is 0 Å². The second-order valence-corrected chi connectivity index (χ2v) is 3.30. The van der Waals surface area contributed by atoms with Crippen molar-refractivity contribution in [1.82, 2.24) is 5.01 Å². The van der Waals surface area contributed by atoms with Crippen LogP contribution in [0.25, 0.3) is 0 Å². The summed E-state index contributed by atoms with van der Waals surface area (Å²) in [5, 5.41) is 11.9. The highest BCUT2D eigenvalue weighted by molar-refractivity contribution is 14.1. The van der Waals surface area contributed by atoms with Gasteiger partial charge in [0.25, 0.3) is 0 Å². The molecule has 0 radical (unpaired) electrons. The van der Waals surface area contributed by atoms with E-state index in [1.807, 2.05) is 13.8 Å². The molecule has 1 N–H and O–H groups in total. The molecule has 0 heterocycles. The van der Waals surface area contributed by atoms with Gasteiger partial charge in [-0.1, -0.05) is 22.6 Å². The van der Waals surface area contributed by atoms with Gasteiger partial charge in [-0.05, 0) is 19.4 Å². The highest BCUT2D eigenvalue weighted by Crippen LogP contribution is 1.98. The summed E-state index contributed by atoms with van der Waals surface area (Å²) in [6, 6.07) is 0.116. The molecular weight excluding hydrogens is 245 g/mol. The van der Waals surface area contributed by atoms with Gasteiger partial charge in [-0.3, -0.25) is 0 Å². The molecule has 0 aromatic carbocycles. The van der Waals surface area contributed by atoms with Crippen molar-refractivity contribution < 1.29 is 4.97 Å². The van der Waals surface area contributed by atoms with E-state index in [1.165, 1.54) is 5.01 Å². The maximum Gasteiger partial charge on any atom is 0.0860 e. The van der Waals surface area contributed by atoms with E-state index < -0.39 is 0 Å². The van der Waals surface area contributed by atoms with Crippen molar-refractivity contribution in [3.05, 3.63) is 5.21 Å². The summed E-state index contributed by atoms with van der Waals surface area (Å²) in [6.07, 6.45) is 0. The van der Waals surface area contributed by atoms with E-state index in [4.69, 9.17) is 5.53 Å². The number of alkyl halides is 1. The quantitative estimate of drug-likeness (QED) is 0.273. The first kappa shape index (κ1) is 9.93. The third kappa shape index (κ3) is 3.19. The Hall–Kier alpha value is -0.0700. The van der Waals surface area contributed by atoms with Gasteiger partial charge in [0, 0.05) is 9.40 Å². The number of rotatable bonds is 4. The second-order valence-electron chi connectivity index (χ2n) is 2.22. The van der Waals surface area contributed by atoms with Crippen LogP contribution in [-0.4, -0.2) is 27.0 Å². The SMILES string of the molecule is CC(C)N(CCI)[N+](=N)[O-]. The van der Waals surface area contributed by atoms with Crippen LogP contribution in [0.5, 0.6) is 0 Å². The van der Waals surface area contributed by atoms with Crippen LogP contribution in [0, 0.1) is 10.7 Å². The number of nitrogens with one attached hydrogen (secondary N) is 1. The Morgan fingerprint density at radius 1 is 1.70 bits per heavy atom. The fraction of sp³-hybridized carbons (Fsp3) is 1.00. The molecule has 0 unspecified atom stereocenters.